The van der Waals surface area contributed by atoms with Crippen LogP contribution in [0.3, 0.4) is 0 Å². The van der Waals surface area contributed by atoms with E-state index in [2.05, 4.69) is 26.0 Å². The lowest BCUT2D eigenvalue weighted by Gasteiger charge is -2.07. The summed E-state index contributed by atoms with van der Waals surface area (Å²) in [7, 11) is 1.84. The van der Waals surface area contributed by atoms with Gasteiger partial charge in [-0.15, -0.1) is 5.10 Å². The van der Waals surface area contributed by atoms with Crippen molar-refractivity contribution in [1.82, 2.24) is 35.4 Å². The van der Waals surface area contributed by atoms with Crippen molar-refractivity contribution in [2.45, 2.75) is 25.8 Å². The topological polar surface area (TPSA) is 107 Å². The molecular formula is C21H23N7O2. The summed E-state index contributed by atoms with van der Waals surface area (Å²) in [6.07, 6.45) is 9.24. The van der Waals surface area contributed by atoms with Gasteiger partial charge in [0, 0.05) is 37.0 Å². The predicted molar refractivity (Wildman–Crippen MR) is 112 cm³/mol. The zero-order valence-electron chi connectivity index (χ0n) is 16.9. The third kappa shape index (κ3) is 4.29. The minimum atomic E-state index is -0.242. The molecule has 0 unspecified atom stereocenters. The van der Waals surface area contributed by atoms with E-state index in [1.54, 1.807) is 45.9 Å². The average Bonchev–Trinajstić information content (AvgIpc) is 3.29. The van der Waals surface area contributed by atoms with Gasteiger partial charge < -0.3 is 10.6 Å². The summed E-state index contributed by atoms with van der Waals surface area (Å²) in [6.45, 7) is 2.43. The Morgan fingerprint density at radius 2 is 1.93 bits per heavy atom. The Kier molecular flexibility index (Phi) is 5.42. The number of rotatable bonds is 7. The maximum absolute atomic E-state index is 12.7. The van der Waals surface area contributed by atoms with E-state index in [-0.39, 0.29) is 23.6 Å². The van der Waals surface area contributed by atoms with E-state index in [4.69, 9.17) is 0 Å². The molecule has 1 saturated carbocycles. The number of carbonyl (C=O) groups excluding carboxylic acids is 2. The fraction of sp³-hybridized carbons (Fsp3) is 0.286. The van der Waals surface area contributed by atoms with Gasteiger partial charge in [0.15, 0.2) is 5.69 Å². The molecule has 2 heterocycles. The zero-order valence-corrected chi connectivity index (χ0v) is 16.9. The number of benzene rings is 1. The molecule has 3 aromatic rings. The van der Waals surface area contributed by atoms with Crippen LogP contribution in [0.1, 0.15) is 51.9 Å². The van der Waals surface area contributed by atoms with Crippen molar-refractivity contribution in [1.29, 1.82) is 0 Å². The smallest absolute Gasteiger partial charge is 0.274 e. The van der Waals surface area contributed by atoms with Crippen molar-refractivity contribution in [2.75, 3.05) is 6.54 Å². The predicted octanol–water partition coefficient (Wildman–Crippen LogP) is 1.81. The summed E-state index contributed by atoms with van der Waals surface area (Å²) < 4.78 is 3.30. The van der Waals surface area contributed by atoms with E-state index in [0.717, 1.165) is 18.4 Å². The van der Waals surface area contributed by atoms with Gasteiger partial charge in [0.1, 0.15) is 5.69 Å². The number of aromatic nitrogens is 5. The standard InChI is InChI=1S/C21H23N7O2/c1-3-22-20(29)15-5-9-17(10-6-15)28-18(11-4-14-12-23-27(2)13-14)19(25-26-28)21(30)24-16-7-8-16/h4-6,9-13,16H,3,7-8H2,1-2H3,(H,22,29)(H,24,30). The Balaban J connectivity index is 1.67. The van der Waals surface area contributed by atoms with Crippen LogP contribution in [0.2, 0.25) is 0 Å². The monoisotopic (exact) mass is 405 g/mol. The molecule has 4 rings (SSSR count). The molecule has 2 aromatic heterocycles. The number of hydrogen-bond donors (Lipinski definition) is 2. The summed E-state index contributed by atoms with van der Waals surface area (Å²) >= 11 is 0. The van der Waals surface area contributed by atoms with Crippen LogP contribution >= 0.6 is 0 Å². The molecular weight excluding hydrogens is 382 g/mol. The molecule has 2 N–H and O–H groups in total. The van der Waals surface area contributed by atoms with Crippen molar-refractivity contribution in [3.8, 4) is 5.69 Å². The maximum atomic E-state index is 12.7. The Labute approximate surface area is 173 Å². The van der Waals surface area contributed by atoms with Gasteiger partial charge in [-0.25, -0.2) is 4.68 Å². The second-order valence-corrected chi connectivity index (χ2v) is 7.17. The fourth-order valence-corrected chi connectivity index (χ4v) is 2.99. The van der Waals surface area contributed by atoms with Crippen molar-refractivity contribution >= 4 is 24.0 Å². The van der Waals surface area contributed by atoms with E-state index >= 15 is 0 Å². The van der Waals surface area contributed by atoms with Gasteiger partial charge in [-0.2, -0.15) is 5.10 Å². The number of hydrogen-bond acceptors (Lipinski definition) is 5. The molecule has 2 amide bonds. The van der Waals surface area contributed by atoms with Gasteiger partial charge in [0.2, 0.25) is 0 Å². The molecule has 0 bridgehead atoms. The van der Waals surface area contributed by atoms with Crippen LogP contribution in [0.4, 0.5) is 0 Å². The van der Waals surface area contributed by atoms with Crippen LogP contribution in [0, 0.1) is 0 Å². The molecule has 9 nitrogen and oxygen atoms in total. The highest BCUT2D eigenvalue weighted by molar-refractivity contribution is 5.97. The molecule has 154 valence electrons. The molecule has 1 fully saturated rings. The molecule has 1 aromatic carbocycles. The molecule has 0 atom stereocenters. The third-order valence-corrected chi connectivity index (χ3v) is 4.70. The normalized spacial score (nSPS) is 13.5. The van der Waals surface area contributed by atoms with Crippen LogP contribution in [0.15, 0.2) is 36.7 Å². The lowest BCUT2D eigenvalue weighted by Crippen LogP contribution is -2.26. The SMILES string of the molecule is CCNC(=O)c1ccc(-n2nnc(C(=O)NC3CC3)c2C=Cc2cnn(C)c2)cc1. The quantitative estimate of drug-likeness (QED) is 0.624. The van der Waals surface area contributed by atoms with Crippen LogP contribution < -0.4 is 10.6 Å². The first-order chi connectivity index (χ1) is 14.5. The Hall–Kier alpha value is -3.75. The Morgan fingerprint density at radius 3 is 2.57 bits per heavy atom. The fourth-order valence-electron chi connectivity index (χ4n) is 2.99. The van der Waals surface area contributed by atoms with Crippen molar-refractivity contribution in [3.05, 3.63) is 59.2 Å². The lowest BCUT2D eigenvalue weighted by molar-refractivity contribution is 0.0941. The summed E-state index contributed by atoms with van der Waals surface area (Å²) in [4.78, 5) is 24.7. The molecule has 0 saturated heterocycles. The highest BCUT2D eigenvalue weighted by atomic mass is 16.2. The van der Waals surface area contributed by atoms with E-state index in [1.165, 1.54) is 0 Å². The van der Waals surface area contributed by atoms with E-state index in [9.17, 15) is 9.59 Å². The minimum absolute atomic E-state index is 0.135. The van der Waals surface area contributed by atoms with Gasteiger partial charge in [0.05, 0.1) is 11.9 Å². The van der Waals surface area contributed by atoms with Gasteiger partial charge in [-0.1, -0.05) is 5.21 Å². The first kappa shape index (κ1) is 19.6. The molecule has 0 spiro atoms. The molecule has 1 aliphatic rings. The summed E-state index contributed by atoms with van der Waals surface area (Å²) in [5, 5.41) is 18.2. The number of nitrogens with one attached hydrogen (secondary N) is 2. The molecule has 0 aliphatic heterocycles. The molecule has 30 heavy (non-hydrogen) atoms. The van der Waals surface area contributed by atoms with Crippen LogP contribution in [0.5, 0.6) is 0 Å². The van der Waals surface area contributed by atoms with Crippen molar-refractivity contribution in [3.63, 3.8) is 0 Å². The summed E-state index contributed by atoms with van der Waals surface area (Å²) in [5.41, 5.74) is 2.97. The molecule has 0 radical (unpaired) electrons. The second kappa shape index (κ2) is 8.32. The van der Waals surface area contributed by atoms with Crippen molar-refractivity contribution < 1.29 is 9.59 Å². The number of aryl methyl sites for hydroxylation is 1. The second-order valence-electron chi connectivity index (χ2n) is 7.17. The van der Waals surface area contributed by atoms with E-state index < -0.39 is 0 Å². The van der Waals surface area contributed by atoms with Gasteiger partial charge in [-0.3, -0.25) is 14.3 Å². The van der Waals surface area contributed by atoms with E-state index in [0.29, 0.717) is 23.5 Å². The van der Waals surface area contributed by atoms with Crippen LogP contribution in [0.25, 0.3) is 17.8 Å². The number of amides is 2. The molecule has 9 heteroatoms. The van der Waals surface area contributed by atoms with Crippen molar-refractivity contribution in [2.24, 2.45) is 7.05 Å². The van der Waals surface area contributed by atoms with Crippen LogP contribution in [-0.2, 0) is 7.05 Å². The number of nitrogens with zero attached hydrogens (tertiary/aromatic N) is 5. The summed E-state index contributed by atoms with van der Waals surface area (Å²) in [5.74, 6) is -0.377. The Bertz CT molecular complexity index is 1090. The van der Waals surface area contributed by atoms with Gasteiger partial charge in [0.25, 0.3) is 11.8 Å². The third-order valence-electron chi connectivity index (χ3n) is 4.70. The number of carbonyl (C=O) groups is 2. The largest absolute Gasteiger partial charge is 0.352 e. The maximum Gasteiger partial charge on any atom is 0.274 e. The first-order valence-electron chi connectivity index (χ1n) is 9.87. The minimum Gasteiger partial charge on any atom is -0.352 e. The molecule has 1 aliphatic carbocycles. The summed E-state index contributed by atoms with van der Waals surface area (Å²) in [6, 6.07) is 7.22. The zero-order chi connectivity index (χ0) is 21.1. The highest BCUT2D eigenvalue weighted by Gasteiger charge is 2.27. The first-order valence-corrected chi connectivity index (χ1v) is 9.87. The Morgan fingerprint density at radius 1 is 1.17 bits per heavy atom. The van der Waals surface area contributed by atoms with Gasteiger partial charge >= 0.3 is 0 Å². The van der Waals surface area contributed by atoms with Gasteiger partial charge in [-0.05, 0) is 56.2 Å². The highest BCUT2D eigenvalue weighted by Crippen LogP contribution is 2.21. The van der Waals surface area contributed by atoms with Crippen LogP contribution in [-0.4, -0.2) is 49.2 Å². The average molecular weight is 405 g/mol. The lowest BCUT2D eigenvalue weighted by atomic mass is 10.2. The van der Waals surface area contributed by atoms with E-state index in [1.807, 2.05) is 26.2 Å².